The van der Waals surface area contributed by atoms with Gasteiger partial charge < -0.3 is 30.3 Å². The molecule has 1 aliphatic rings. The predicted molar refractivity (Wildman–Crippen MR) is 109 cm³/mol. The Morgan fingerprint density at radius 2 is 1.70 bits per heavy atom. The number of aromatic nitrogens is 1. The molecule has 2 aromatic rings. The molecule has 0 bridgehead atoms. The van der Waals surface area contributed by atoms with Gasteiger partial charge >= 0.3 is 112 Å². The number of aldehydes is 1. The molecule has 11 heteroatoms. The molecule has 4 atom stereocenters. The number of carbonyl (C=O) groups is 1. The van der Waals surface area contributed by atoms with Gasteiger partial charge in [0.25, 0.3) is 0 Å². The molecular formula is C19H25NO8SSe. The van der Waals surface area contributed by atoms with Gasteiger partial charge in [-0.05, 0) is 0 Å². The number of hydrogen-bond acceptors (Lipinski definition) is 8. The van der Waals surface area contributed by atoms with E-state index in [1.54, 1.807) is 12.1 Å². The fraction of sp³-hybridized carbons (Fsp3) is 0.421. The van der Waals surface area contributed by atoms with Crippen molar-refractivity contribution in [1.82, 2.24) is 3.58 Å². The summed E-state index contributed by atoms with van der Waals surface area (Å²) in [6, 6.07) is 9.11. The van der Waals surface area contributed by atoms with Crippen LogP contribution >= 0.6 is 0 Å². The van der Waals surface area contributed by atoms with Crippen molar-refractivity contribution >= 4 is 28.6 Å². The van der Waals surface area contributed by atoms with Gasteiger partial charge in [0, 0.05) is 0 Å². The minimum Gasteiger partial charge on any atom is -0.394 e. The number of aryl methyl sites for hydroxylation is 2. The van der Waals surface area contributed by atoms with Crippen LogP contribution in [0.1, 0.15) is 16.8 Å². The fourth-order valence-corrected chi connectivity index (χ4v) is 7.52. The molecular weight excluding hydrogens is 481 g/mol. The minimum absolute atomic E-state index is 0.0258. The molecule has 1 aliphatic carbocycles. The predicted octanol–water partition coefficient (Wildman–Crippen LogP) is -1.63. The first-order chi connectivity index (χ1) is 14.1. The molecule has 3 rings (SSSR count). The molecule has 0 saturated carbocycles. The van der Waals surface area contributed by atoms with Crippen LogP contribution in [0, 0.1) is 6.92 Å². The van der Waals surface area contributed by atoms with Crippen molar-refractivity contribution in [3.05, 3.63) is 53.3 Å². The van der Waals surface area contributed by atoms with Gasteiger partial charge in [-0.25, -0.2) is 0 Å². The van der Waals surface area contributed by atoms with Crippen LogP contribution in [0.15, 0.2) is 41.4 Å². The first-order valence-corrected chi connectivity index (χ1v) is 13.4. The van der Waals surface area contributed by atoms with Gasteiger partial charge in [-0.3, -0.25) is 0 Å². The van der Waals surface area contributed by atoms with E-state index in [1.165, 1.54) is 11.3 Å². The molecule has 30 heavy (non-hydrogen) atoms. The van der Waals surface area contributed by atoms with Crippen molar-refractivity contribution in [2.45, 2.75) is 49.1 Å². The summed E-state index contributed by atoms with van der Waals surface area (Å²) < 4.78 is 26.5. The van der Waals surface area contributed by atoms with Crippen LogP contribution < -0.4 is 0 Å². The van der Waals surface area contributed by atoms with Crippen LogP contribution in [0.4, 0.5) is 0 Å². The quantitative estimate of drug-likeness (QED) is 0.211. The van der Waals surface area contributed by atoms with Crippen molar-refractivity contribution < 1.29 is 38.7 Å². The maximum atomic E-state index is 12.3. The third kappa shape index (κ3) is 5.99. The first-order valence-electron chi connectivity index (χ1n) is 9.10. The van der Waals surface area contributed by atoms with Gasteiger partial charge in [0.2, 0.25) is 0 Å². The van der Waals surface area contributed by atoms with Gasteiger partial charge in [-0.1, -0.05) is 0 Å². The van der Waals surface area contributed by atoms with Gasteiger partial charge in [0.05, 0.1) is 6.61 Å². The van der Waals surface area contributed by atoms with E-state index in [1.807, 2.05) is 34.9 Å². The number of benzene rings is 1. The van der Waals surface area contributed by atoms with E-state index in [2.05, 4.69) is 0 Å². The van der Waals surface area contributed by atoms with Crippen molar-refractivity contribution in [1.29, 1.82) is 0 Å². The van der Waals surface area contributed by atoms with E-state index in [0.717, 1.165) is 18.4 Å². The molecule has 0 fully saturated rings. The minimum atomic E-state index is -3.18. The summed E-state index contributed by atoms with van der Waals surface area (Å²) in [5.74, 6) is 0. The number of nitrogens with zero attached hydrogens (tertiary/aromatic N) is 1. The van der Waals surface area contributed by atoms with Gasteiger partial charge in [0.1, 0.15) is 24.4 Å². The Hall–Kier alpha value is -1.56. The van der Waals surface area contributed by atoms with Crippen LogP contribution in [0.2, 0.25) is 0 Å². The number of fused-ring (bicyclic) bond motifs is 1. The maximum absolute atomic E-state index is 12.3. The molecule has 0 radical (unpaired) electrons. The zero-order valence-corrected chi connectivity index (χ0v) is 18.7. The van der Waals surface area contributed by atoms with Gasteiger partial charge in [-0.15, -0.1) is 0 Å². The Bertz CT molecular complexity index is 944. The number of rotatable bonds is 8. The molecule has 1 aromatic heterocycles. The monoisotopic (exact) mass is 507 g/mol. The van der Waals surface area contributed by atoms with E-state index in [0.29, 0.717) is 4.90 Å². The topological polar surface area (TPSA) is 157 Å². The van der Waals surface area contributed by atoms with E-state index < -0.39 is 53.3 Å². The molecule has 9 nitrogen and oxygen atoms in total. The molecule has 166 valence electrons. The molecule has 0 aliphatic heterocycles. The average molecular weight is 506 g/mol. The Morgan fingerprint density at radius 3 is 2.17 bits per heavy atom. The molecule has 5 N–H and O–H groups in total. The number of aliphatic hydroxyl groups excluding tert-OH is 5. The number of aliphatic hydroxyl groups is 5. The van der Waals surface area contributed by atoms with Crippen LogP contribution in [-0.4, -0.2) is 88.9 Å². The van der Waals surface area contributed by atoms with Crippen LogP contribution in [0.25, 0.3) is 0 Å². The zero-order chi connectivity index (χ0) is 22.5. The van der Waals surface area contributed by atoms with Crippen LogP contribution in [0.5, 0.6) is 0 Å². The fourth-order valence-electron chi connectivity index (χ4n) is 2.60. The van der Waals surface area contributed by atoms with Crippen molar-refractivity contribution in [2.75, 3.05) is 6.61 Å². The smallest absolute Gasteiger partial charge is 0.151 e. The molecule has 1 heterocycles. The average Bonchev–Trinajstić information content (AvgIpc) is 2.97. The first kappa shape index (κ1) is 24.7. The SMILES string of the molecule is Cc1ccc(S(=O)(=O)[Se]n2ccc3c2CC3)cc1.O=CC(O)C(O)C(O)C(O)CO. The standard InChI is InChI=1S/C13H13NO2SSe.C6H12O6/c1-10-2-5-12(6-3-10)17(15,16)18-14-9-8-11-4-7-13(11)14;7-1-3(9)5(11)6(12)4(10)2-8/h2-3,5-6,8-9H,4,7H2,1H3;1,3-6,8-12H,2H2. The summed E-state index contributed by atoms with van der Waals surface area (Å²) in [4.78, 5) is 10.3. The third-order valence-electron chi connectivity index (χ3n) is 4.59. The second-order valence-electron chi connectivity index (χ2n) is 6.81. The Kier molecular flexibility index (Phi) is 8.77. The normalized spacial score (nSPS) is 16.9. The zero-order valence-electron chi connectivity index (χ0n) is 16.2. The molecule has 0 spiro atoms. The van der Waals surface area contributed by atoms with Crippen LogP contribution in [0.3, 0.4) is 0 Å². The molecule has 0 amide bonds. The van der Waals surface area contributed by atoms with E-state index in [-0.39, 0.29) is 6.29 Å². The molecule has 4 unspecified atom stereocenters. The van der Waals surface area contributed by atoms with E-state index >= 15 is 0 Å². The van der Waals surface area contributed by atoms with Crippen molar-refractivity contribution in [3.63, 3.8) is 0 Å². The van der Waals surface area contributed by atoms with E-state index in [9.17, 15) is 13.2 Å². The Labute approximate surface area is 180 Å². The second kappa shape index (κ2) is 10.6. The van der Waals surface area contributed by atoms with Crippen molar-refractivity contribution in [3.8, 4) is 0 Å². The summed E-state index contributed by atoms with van der Waals surface area (Å²) in [6.07, 6.45) is -2.84. The molecule has 1 aromatic carbocycles. The van der Waals surface area contributed by atoms with Crippen LogP contribution in [-0.2, 0) is 25.9 Å². The Balaban J connectivity index is 0.000000235. The summed E-state index contributed by atoms with van der Waals surface area (Å²) in [5.41, 5.74) is 3.58. The van der Waals surface area contributed by atoms with Gasteiger partial charge in [0.15, 0.2) is 6.29 Å². The maximum Gasteiger partial charge on any atom is 0.151 e. The summed E-state index contributed by atoms with van der Waals surface area (Å²) >= 11 is -0.587. The van der Waals surface area contributed by atoms with E-state index in [4.69, 9.17) is 25.5 Å². The number of carbonyl (C=O) groups excluding carboxylic acids is 1. The third-order valence-corrected chi connectivity index (χ3v) is 9.97. The van der Waals surface area contributed by atoms with Crippen molar-refractivity contribution in [2.24, 2.45) is 0 Å². The molecule has 0 saturated heterocycles. The number of hydrogen-bond donors (Lipinski definition) is 5. The second-order valence-corrected chi connectivity index (χ2v) is 12.9. The summed E-state index contributed by atoms with van der Waals surface area (Å²) in [7, 11) is -3.18. The summed E-state index contributed by atoms with van der Waals surface area (Å²) in [6.45, 7) is 1.19. The van der Waals surface area contributed by atoms with Gasteiger partial charge in [-0.2, -0.15) is 0 Å². The summed E-state index contributed by atoms with van der Waals surface area (Å²) in [5, 5.41) is 43.5. The Morgan fingerprint density at radius 1 is 1.07 bits per heavy atom. The largest absolute Gasteiger partial charge is 0.394 e.